The molecule has 2 N–H and O–H groups in total. The molecular formula is C15H31NO3. The van der Waals surface area contributed by atoms with Crippen LogP contribution in [0.3, 0.4) is 0 Å². The highest BCUT2D eigenvalue weighted by molar-refractivity contribution is 4.84. The van der Waals surface area contributed by atoms with E-state index in [4.69, 9.17) is 9.47 Å². The summed E-state index contributed by atoms with van der Waals surface area (Å²) in [6.45, 7) is 3.08. The molecule has 1 fully saturated rings. The van der Waals surface area contributed by atoms with Crippen LogP contribution in [0.1, 0.15) is 51.9 Å². The number of rotatable bonds is 9. The van der Waals surface area contributed by atoms with Crippen LogP contribution in [0.25, 0.3) is 0 Å². The van der Waals surface area contributed by atoms with Crippen LogP contribution in [0.4, 0.5) is 0 Å². The van der Waals surface area contributed by atoms with Gasteiger partial charge in [0.25, 0.3) is 0 Å². The van der Waals surface area contributed by atoms with Crippen molar-refractivity contribution < 1.29 is 14.6 Å². The van der Waals surface area contributed by atoms with Crippen molar-refractivity contribution in [2.45, 2.75) is 69.6 Å². The van der Waals surface area contributed by atoms with Gasteiger partial charge in [0.1, 0.15) is 0 Å². The maximum atomic E-state index is 9.47. The molecule has 114 valence electrons. The zero-order valence-corrected chi connectivity index (χ0v) is 12.8. The number of methoxy groups -OCH3 is 1. The second kappa shape index (κ2) is 8.90. The van der Waals surface area contributed by atoms with Crippen LogP contribution in [-0.2, 0) is 9.47 Å². The molecule has 1 aliphatic rings. The van der Waals surface area contributed by atoms with Crippen LogP contribution in [-0.4, -0.2) is 50.2 Å². The molecule has 3 unspecified atom stereocenters. The molecule has 0 saturated heterocycles. The van der Waals surface area contributed by atoms with E-state index in [1.807, 2.05) is 7.05 Å². The molecule has 0 radical (unpaired) electrons. The third-order valence-corrected chi connectivity index (χ3v) is 4.57. The van der Waals surface area contributed by atoms with Gasteiger partial charge in [-0.05, 0) is 52.0 Å². The summed E-state index contributed by atoms with van der Waals surface area (Å²) in [5.41, 5.74) is -0.134. The van der Waals surface area contributed by atoms with E-state index < -0.39 is 0 Å². The Morgan fingerprint density at radius 2 is 2.05 bits per heavy atom. The van der Waals surface area contributed by atoms with Crippen LogP contribution in [0.2, 0.25) is 0 Å². The third-order valence-electron chi connectivity index (χ3n) is 4.57. The Morgan fingerprint density at radius 1 is 1.32 bits per heavy atom. The zero-order valence-electron chi connectivity index (χ0n) is 12.8. The van der Waals surface area contributed by atoms with Crippen LogP contribution in [0.5, 0.6) is 0 Å². The molecule has 0 aromatic rings. The Morgan fingerprint density at radius 3 is 2.63 bits per heavy atom. The highest BCUT2D eigenvalue weighted by Gasteiger charge is 2.25. The smallest absolute Gasteiger partial charge is 0.0613 e. The second-order valence-corrected chi connectivity index (χ2v) is 5.66. The lowest BCUT2D eigenvalue weighted by atomic mass is 9.91. The van der Waals surface area contributed by atoms with E-state index in [9.17, 15) is 5.11 Å². The fourth-order valence-electron chi connectivity index (χ4n) is 2.88. The monoisotopic (exact) mass is 273 g/mol. The SMILES string of the molecule is CCC(CO)(CCCOC1CCCC(OC)C1)NC. The Labute approximate surface area is 117 Å². The van der Waals surface area contributed by atoms with Crippen LogP contribution in [0, 0.1) is 0 Å². The largest absolute Gasteiger partial charge is 0.394 e. The van der Waals surface area contributed by atoms with Gasteiger partial charge >= 0.3 is 0 Å². The first-order chi connectivity index (χ1) is 9.19. The van der Waals surface area contributed by atoms with Gasteiger partial charge in [-0.25, -0.2) is 0 Å². The van der Waals surface area contributed by atoms with Gasteiger partial charge in [-0.15, -0.1) is 0 Å². The molecule has 4 nitrogen and oxygen atoms in total. The van der Waals surface area contributed by atoms with Gasteiger partial charge in [0.05, 0.1) is 18.8 Å². The van der Waals surface area contributed by atoms with E-state index in [0.29, 0.717) is 12.2 Å². The van der Waals surface area contributed by atoms with Crippen molar-refractivity contribution in [3.8, 4) is 0 Å². The van der Waals surface area contributed by atoms with Gasteiger partial charge in [0.15, 0.2) is 0 Å². The van der Waals surface area contributed by atoms with Gasteiger partial charge < -0.3 is 19.9 Å². The van der Waals surface area contributed by atoms with Crippen molar-refractivity contribution in [2.75, 3.05) is 27.4 Å². The number of hydrogen-bond donors (Lipinski definition) is 2. The van der Waals surface area contributed by atoms with E-state index in [1.165, 1.54) is 12.8 Å². The van der Waals surface area contributed by atoms with Gasteiger partial charge in [0, 0.05) is 19.3 Å². The van der Waals surface area contributed by atoms with Crippen molar-refractivity contribution >= 4 is 0 Å². The number of aliphatic hydroxyl groups excluding tert-OH is 1. The summed E-state index contributed by atoms with van der Waals surface area (Å²) < 4.78 is 11.4. The summed E-state index contributed by atoms with van der Waals surface area (Å²) in [5, 5.41) is 12.7. The standard InChI is InChI=1S/C15H31NO3/c1-4-15(12-17,16-2)9-6-10-19-14-8-5-7-13(11-14)18-3/h13-14,16-17H,4-12H2,1-3H3. The molecule has 4 heteroatoms. The summed E-state index contributed by atoms with van der Waals surface area (Å²) in [4.78, 5) is 0. The van der Waals surface area contributed by atoms with E-state index in [1.54, 1.807) is 7.11 Å². The lowest BCUT2D eigenvalue weighted by molar-refractivity contribution is -0.0320. The van der Waals surface area contributed by atoms with Gasteiger partial charge in [-0.3, -0.25) is 0 Å². The molecule has 0 aromatic carbocycles. The Kier molecular flexibility index (Phi) is 7.91. The van der Waals surface area contributed by atoms with E-state index in [0.717, 1.165) is 38.7 Å². The number of aliphatic hydroxyl groups is 1. The predicted molar refractivity (Wildman–Crippen MR) is 77.4 cm³/mol. The molecule has 1 rings (SSSR count). The Bertz CT molecular complexity index is 223. The summed E-state index contributed by atoms with van der Waals surface area (Å²) in [5.74, 6) is 0. The third kappa shape index (κ3) is 5.38. The second-order valence-electron chi connectivity index (χ2n) is 5.66. The van der Waals surface area contributed by atoms with Crippen LogP contribution in [0.15, 0.2) is 0 Å². The summed E-state index contributed by atoms with van der Waals surface area (Å²) >= 11 is 0. The maximum absolute atomic E-state index is 9.47. The number of nitrogens with one attached hydrogen (secondary N) is 1. The topological polar surface area (TPSA) is 50.7 Å². The van der Waals surface area contributed by atoms with Crippen molar-refractivity contribution in [1.82, 2.24) is 5.32 Å². The number of hydrogen-bond acceptors (Lipinski definition) is 4. The zero-order chi connectivity index (χ0) is 14.1. The molecule has 0 bridgehead atoms. The van der Waals surface area contributed by atoms with E-state index in [-0.39, 0.29) is 12.1 Å². The molecular weight excluding hydrogens is 242 g/mol. The molecule has 0 aromatic heterocycles. The van der Waals surface area contributed by atoms with Gasteiger partial charge in [0.2, 0.25) is 0 Å². The fourth-order valence-corrected chi connectivity index (χ4v) is 2.88. The first-order valence-electron chi connectivity index (χ1n) is 7.64. The van der Waals surface area contributed by atoms with Crippen LogP contribution < -0.4 is 5.32 Å². The van der Waals surface area contributed by atoms with E-state index in [2.05, 4.69) is 12.2 Å². The Balaban J connectivity index is 2.19. The van der Waals surface area contributed by atoms with Crippen LogP contribution >= 0.6 is 0 Å². The lowest BCUT2D eigenvalue weighted by Crippen LogP contribution is -2.46. The average Bonchev–Trinajstić information content (AvgIpc) is 2.48. The molecule has 0 spiro atoms. The minimum absolute atomic E-state index is 0.134. The van der Waals surface area contributed by atoms with Gasteiger partial charge in [-0.2, -0.15) is 0 Å². The predicted octanol–water partition coefficient (Wildman–Crippen LogP) is 2.10. The van der Waals surface area contributed by atoms with Crippen molar-refractivity contribution in [3.63, 3.8) is 0 Å². The maximum Gasteiger partial charge on any atom is 0.0613 e. The summed E-state index contributed by atoms with van der Waals surface area (Å²) in [6.07, 6.45) is 8.18. The van der Waals surface area contributed by atoms with Crippen molar-refractivity contribution in [1.29, 1.82) is 0 Å². The van der Waals surface area contributed by atoms with Crippen molar-refractivity contribution in [3.05, 3.63) is 0 Å². The lowest BCUT2D eigenvalue weighted by Gasteiger charge is -2.31. The number of ether oxygens (including phenoxy) is 2. The molecule has 1 aliphatic carbocycles. The first kappa shape index (κ1) is 16.9. The van der Waals surface area contributed by atoms with E-state index >= 15 is 0 Å². The van der Waals surface area contributed by atoms with Gasteiger partial charge in [-0.1, -0.05) is 6.92 Å². The minimum Gasteiger partial charge on any atom is -0.394 e. The highest BCUT2D eigenvalue weighted by Crippen LogP contribution is 2.24. The van der Waals surface area contributed by atoms with Crippen molar-refractivity contribution in [2.24, 2.45) is 0 Å². The molecule has 1 saturated carbocycles. The normalized spacial score (nSPS) is 27.2. The Hall–Kier alpha value is -0.160. The summed E-state index contributed by atoms with van der Waals surface area (Å²) in [7, 11) is 3.71. The summed E-state index contributed by atoms with van der Waals surface area (Å²) in [6, 6.07) is 0. The molecule has 3 atom stereocenters. The molecule has 19 heavy (non-hydrogen) atoms. The highest BCUT2D eigenvalue weighted by atomic mass is 16.5. The first-order valence-corrected chi connectivity index (χ1v) is 7.64. The molecule has 0 heterocycles. The quantitative estimate of drug-likeness (QED) is 0.632. The molecule has 0 aliphatic heterocycles. The average molecular weight is 273 g/mol. The number of likely N-dealkylation sites (N-methyl/N-ethyl adjacent to an activating group) is 1. The fraction of sp³-hybridized carbons (Fsp3) is 1.00. The molecule has 0 amide bonds. The minimum atomic E-state index is -0.134.